The van der Waals surface area contributed by atoms with E-state index in [2.05, 4.69) is 25.9 Å². The van der Waals surface area contributed by atoms with Crippen molar-refractivity contribution in [3.8, 4) is 5.75 Å². The van der Waals surface area contributed by atoms with E-state index in [0.717, 1.165) is 0 Å². The summed E-state index contributed by atoms with van der Waals surface area (Å²) in [7, 11) is 0. The van der Waals surface area contributed by atoms with Gasteiger partial charge in [-0.25, -0.2) is 14.4 Å². The zero-order valence-corrected chi connectivity index (χ0v) is 9.72. The number of rotatable bonds is 3. The minimum Gasteiger partial charge on any atom is -0.484 e. The van der Waals surface area contributed by atoms with Gasteiger partial charge in [0.25, 0.3) is 0 Å². The first kappa shape index (κ1) is 11.0. The monoisotopic (exact) mass is 285 g/mol. The molecule has 0 unspecified atom stereocenters. The highest BCUT2D eigenvalue weighted by molar-refractivity contribution is 9.10. The van der Waals surface area contributed by atoms with Crippen LogP contribution < -0.4 is 10.3 Å². The summed E-state index contributed by atoms with van der Waals surface area (Å²) in [4.78, 5) is 19.8. The Morgan fingerprint density at radius 2 is 2.19 bits per heavy atom. The van der Waals surface area contributed by atoms with E-state index in [9.17, 15) is 4.79 Å². The van der Waals surface area contributed by atoms with Gasteiger partial charge in [0.05, 0.1) is 17.3 Å². The van der Waals surface area contributed by atoms with Gasteiger partial charge in [-0.05, 0) is 15.9 Å². The largest absolute Gasteiger partial charge is 0.484 e. The maximum absolute atomic E-state index is 11.8. The van der Waals surface area contributed by atoms with Gasteiger partial charge in [0, 0.05) is 12.4 Å². The Balaban J connectivity index is 2.55. The van der Waals surface area contributed by atoms with Crippen molar-refractivity contribution in [3.63, 3.8) is 0 Å². The fraction of sp³-hybridized carbons (Fsp3) is 0.222. The molecule has 0 amide bonds. The van der Waals surface area contributed by atoms with E-state index in [1.165, 1.54) is 10.6 Å². The number of hydrogen-bond acceptors (Lipinski definition) is 5. The van der Waals surface area contributed by atoms with Gasteiger partial charge in [0.2, 0.25) is 11.5 Å². The molecular formula is C9H8BrN3O3. The summed E-state index contributed by atoms with van der Waals surface area (Å²) in [6.07, 6.45) is 4.41. The van der Waals surface area contributed by atoms with Crippen LogP contribution in [-0.2, 0) is 0 Å². The lowest BCUT2D eigenvalue weighted by Gasteiger charge is -2.04. The van der Waals surface area contributed by atoms with Crippen LogP contribution in [0.5, 0.6) is 5.75 Å². The molecule has 2 aromatic heterocycles. The number of ether oxygens (including phenoxy) is 1. The van der Waals surface area contributed by atoms with E-state index in [1.54, 1.807) is 12.4 Å². The first-order chi connectivity index (χ1) is 7.72. The van der Waals surface area contributed by atoms with Crippen LogP contribution in [-0.4, -0.2) is 32.7 Å². The average Bonchev–Trinajstić information content (AvgIpc) is 2.29. The number of aliphatic hydroxyl groups is 1. The number of halogens is 1. The molecule has 1 N–H and O–H groups in total. The molecule has 0 aliphatic heterocycles. The van der Waals surface area contributed by atoms with Crippen molar-refractivity contribution < 1.29 is 9.84 Å². The molecular weight excluding hydrogens is 278 g/mol. The first-order valence-corrected chi connectivity index (χ1v) is 5.28. The molecule has 84 valence electrons. The minimum absolute atomic E-state index is 0.0599. The second-order valence-corrected chi connectivity index (χ2v) is 3.86. The Kier molecular flexibility index (Phi) is 3.16. The topological polar surface area (TPSA) is 76.7 Å². The lowest BCUT2D eigenvalue weighted by molar-refractivity contribution is 0.199. The van der Waals surface area contributed by atoms with E-state index >= 15 is 0 Å². The molecule has 0 spiro atoms. The smallest absolute Gasteiger partial charge is 0.301 e. The van der Waals surface area contributed by atoms with Gasteiger partial charge in [-0.15, -0.1) is 0 Å². The molecule has 0 fully saturated rings. The second-order valence-electron chi connectivity index (χ2n) is 2.94. The number of fused-ring (bicyclic) bond motifs is 1. The molecule has 0 saturated heterocycles. The van der Waals surface area contributed by atoms with Crippen molar-refractivity contribution >= 4 is 21.7 Å². The predicted octanol–water partition coefficient (Wildman–Crippen LogP) is 0.223. The van der Waals surface area contributed by atoms with Crippen molar-refractivity contribution in [3.05, 3.63) is 33.4 Å². The lowest BCUT2D eigenvalue weighted by atomic mass is 10.5. The van der Waals surface area contributed by atoms with Gasteiger partial charge in [0.1, 0.15) is 6.61 Å². The van der Waals surface area contributed by atoms with Crippen molar-refractivity contribution in [2.24, 2.45) is 0 Å². The zero-order valence-electron chi connectivity index (χ0n) is 8.13. The Morgan fingerprint density at radius 1 is 1.44 bits per heavy atom. The molecule has 0 aliphatic carbocycles. The van der Waals surface area contributed by atoms with Crippen molar-refractivity contribution in [1.29, 1.82) is 0 Å². The minimum atomic E-state index is -0.354. The molecule has 0 saturated carbocycles. The van der Waals surface area contributed by atoms with Gasteiger partial charge >= 0.3 is 5.56 Å². The number of hydrogen-bond donors (Lipinski definition) is 1. The van der Waals surface area contributed by atoms with E-state index in [0.29, 0.717) is 10.3 Å². The summed E-state index contributed by atoms with van der Waals surface area (Å²) in [6.45, 7) is -0.0940. The van der Waals surface area contributed by atoms with Crippen LogP contribution in [0.15, 0.2) is 27.9 Å². The van der Waals surface area contributed by atoms with Crippen LogP contribution in [0.25, 0.3) is 5.78 Å². The highest BCUT2D eigenvalue weighted by Gasteiger charge is 2.06. The fourth-order valence-corrected chi connectivity index (χ4v) is 1.49. The van der Waals surface area contributed by atoms with Crippen LogP contribution in [0.3, 0.4) is 0 Å². The van der Waals surface area contributed by atoms with E-state index in [-0.39, 0.29) is 24.5 Å². The average molecular weight is 286 g/mol. The quantitative estimate of drug-likeness (QED) is 0.873. The maximum Gasteiger partial charge on any atom is 0.301 e. The third kappa shape index (κ3) is 2.05. The van der Waals surface area contributed by atoms with Crippen LogP contribution in [0, 0.1) is 0 Å². The van der Waals surface area contributed by atoms with E-state index < -0.39 is 0 Å². The summed E-state index contributed by atoms with van der Waals surface area (Å²) in [5.41, 5.74) is -0.354. The van der Waals surface area contributed by atoms with Crippen LogP contribution in [0.2, 0.25) is 0 Å². The van der Waals surface area contributed by atoms with Gasteiger partial charge in [-0.3, -0.25) is 4.79 Å². The standard InChI is InChI=1S/C9H8BrN3O3/c10-6-3-11-9-12-4-7(16-2-1-14)8(15)13(9)5-6/h3-5,14H,1-2H2. The van der Waals surface area contributed by atoms with Gasteiger partial charge < -0.3 is 9.84 Å². The van der Waals surface area contributed by atoms with Gasteiger partial charge in [0.15, 0.2) is 0 Å². The van der Waals surface area contributed by atoms with E-state index in [1.807, 2.05) is 0 Å². The third-order valence-electron chi connectivity index (χ3n) is 1.85. The van der Waals surface area contributed by atoms with Gasteiger partial charge in [-0.1, -0.05) is 0 Å². The molecule has 7 heteroatoms. The molecule has 2 aromatic rings. The maximum atomic E-state index is 11.8. The van der Waals surface area contributed by atoms with Crippen LogP contribution in [0.4, 0.5) is 0 Å². The summed E-state index contributed by atoms with van der Waals surface area (Å²) in [5, 5.41) is 8.60. The Bertz CT molecular complexity index is 569. The zero-order chi connectivity index (χ0) is 11.5. The summed E-state index contributed by atoms with van der Waals surface area (Å²) in [5.74, 6) is 0.385. The summed E-state index contributed by atoms with van der Waals surface area (Å²) >= 11 is 3.21. The molecule has 0 radical (unpaired) electrons. The lowest BCUT2D eigenvalue weighted by Crippen LogP contribution is -2.19. The Hall–Kier alpha value is -1.47. The van der Waals surface area contributed by atoms with Crippen molar-refractivity contribution in [2.75, 3.05) is 13.2 Å². The van der Waals surface area contributed by atoms with Crippen molar-refractivity contribution in [2.45, 2.75) is 0 Å². The molecule has 0 aliphatic rings. The fourth-order valence-electron chi connectivity index (χ4n) is 1.19. The third-order valence-corrected chi connectivity index (χ3v) is 2.26. The SMILES string of the molecule is O=c1c(OCCO)cnc2ncc(Br)cn12. The highest BCUT2D eigenvalue weighted by Crippen LogP contribution is 2.08. The summed E-state index contributed by atoms with van der Waals surface area (Å²) < 4.78 is 6.99. The normalized spacial score (nSPS) is 10.6. The predicted molar refractivity (Wildman–Crippen MR) is 59.5 cm³/mol. The second kappa shape index (κ2) is 4.58. The molecule has 0 aromatic carbocycles. The van der Waals surface area contributed by atoms with Crippen molar-refractivity contribution in [1.82, 2.24) is 14.4 Å². The molecule has 16 heavy (non-hydrogen) atoms. The summed E-state index contributed by atoms with van der Waals surface area (Å²) in [6, 6.07) is 0. The highest BCUT2D eigenvalue weighted by atomic mass is 79.9. The number of aliphatic hydroxyl groups excluding tert-OH is 1. The van der Waals surface area contributed by atoms with E-state index in [4.69, 9.17) is 9.84 Å². The molecule has 2 rings (SSSR count). The molecule has 6 nitrogen and oxygen atoms in total. The van der Waals surface area contributed by atoms with Crippen LogP contribution >= 0.6 is 15.9 Å². The molecule has 2 heterocycles. The van der Waals surface area contributed by atoms with Crippen LogP contribution in [0.1, 0.15) is 0 Å². The van der Waals surface area contributed by atoms with Gasteiger partial charge in [-0.2, -0.15) is 0 Å². The molecule has 0 atom stereocenters. The molecule has 0 bridgehead atoms. The number of nitrogens with zero attached hydrogens (tertiary/aromatic N) is 3. The Morgan fingerprint density at radius 3 is 2.94 bits per heavy atom. The first-order valence-electron chi connectivity index (χ1n) is 4.49. The number of aromatic nitrogens is 3. The Labute approximate surface area is 98.7 Å².